The van der Waals surface area contributed by atoms with Gasteiger partial charge in [-0.15, -0.1) is 0 Å². The van der Waals surface area contributed by atoms with Crippen LogP contribution in [0.5, 0.6) is 11.5 Å². The monoisotopic (exact) mass is 264 g/mol. The smallest absolute Gasteiger partial charge is 0.173 e. The maximum absolute atomic E-state index is 12.1. The predicted molar refractivity (Wildman–Crippen MR) is 73.0 cm³/mol. The Labute approximate surface area is 113 Å². The van der Waals surface area contributed by atoms with Gasteiger partial charge in [-0.05, 0) is 18.1 Å². The lowest BCUT2D eigenvalue weighted by atomic mass is 9.99. The van der Waals surface area contributed by atoms with Gasteiger partial charge >= 0.3 is 0 Å². The Kier molecular flexibility index (Phi) is 5.55. The van der Waals surface area contributed by atoms with E-state index >= 15 is 0 Å². The van der Waals surface area contributed by atoms with Crippen LogP contribution in [-0.4, -0.2) is 25.8 Å². The number of Topliss-reactive ketones (excluding diaryl/α,β-unsaturated/α-hetero) is 2. The van der Waals surface area contributed by atoms with Crippen molar-refractivity contribution in [1.29, 1.82) is 0 Å². The largest absolute Gasteiger partial charge is 0.497 e. The van der Waals surface area contributed by atoms with Crippen LogP contribution in [-0.2, 0) is 4.79 Å². The molecule has 0 saturated carbocycles. The molecular weight excluding hydrogens is 244 g/mol. The van der Waals surface area contributed by atoms with Gasteiger partial charge in [-0.2, -0.15) is 0 Å². The van der Waals surface area contributed by atoms with Gasteiger partial charge in [-0.25, -0.2) is 0 Å². The van der Waals surface area contributed by atoms with Gasteiger partial charge in [0.25, 0.3) is 0 Å². The van der Waals surface area contributed by atoms with Gasteiger partial charge in [-0.3, -0.25) is 9.59 Å². The van der Waals surface area contributed by atoms with Gasteiger partial charge < -0.3 is 9.47 Å². The molecule has 0 heterocycles. The van der Waals surface area contributed by atoms with Gasteiger partial charge in [0.15, 0.2) is 5.78 Å². The molecule has 0 saturated heterocycles. The lowest BCUT2D eigenvalue weighted by Crippen LogP contribution is -2.11. The summed E-state index contributed by atoms with van der Waals surface area (Å²) in [5.74, 6) is 1.05. The second-order valence-corrected chi connectivity index (χ2v) is 4.80. The average molecular weight is 264 g/mol. The summed E-state index contributed by atoms with van der Waals surface area (Å²) in [5, 5.41) is 0. The van der Waals surface area contributed by atoms with E-state index in [1.807, 2.05) is 13.8 Å². The van der Waals surface area contributed by atoms with E-state index < -0.39 is 0 Å². The predicted octanol–water partition coefficient (Wildman–Crippen LogP) is 2.89. The van der Waals surface area contributed by atoms with E-state index in [9.17, 15) is 9.59 Å². The number of hydrogen-bond donors (Lipinski definition) is 0. The molecule has 1 aromatic carbocycles. The maximum Gasteiger partial charge on any atom is 0.173 e. The zero-order chi connectivity index (χ0) is 14.4. The number of carbonyl (C=O) groups is 2. The number of rotatable bonds is 7. The first-order chi connectivity index (χ1) is 8.97. The van der Waals surface area contributed by atoms with Crippen LogP contribution in [0.3, 0.4) is 0 Å². The molecule has 0 aliphatic rings. The molecule has 0 amide bonds. The van der Waals surface area contributed by atoms with E-state index in [0.717, 1.165) is 0 Å². The summed E-state index contributed by atoms with van der Waals surface area (Å²) in [5.41, 5.74) is 0.417. The molecule has 0 fully saturated rings. The van der Waals surface area contributed by atoms with Crippen molar-refractivity contribution in [3.63, 3.8) is 0 Å². The third-order valence-corrected chi connectivity index (χ3v) is 2.70. The molecule has 0 atom stereocenters. The van der Waals surface area contributed by atoms with Crippen LogP contribution in [0.1, 0.15) is 37.0 Å². The Morgan fingerprint density at radius 2 is 1.84 bits per heavy atom. The number of carbonyl (C=O) groups excluding carboxylic acids is 2. The SMILES string of the molecule is COc1ccc(C(=O)CC(=O)CC(C)C)c(OC)c1. The van der Waals surface area contributed by atoms with Crippen molar-refractivity contribution < 1.29 is 19.1 Å². The molecule has 104 valence electrons. The highest BCUT2D eigenvalue weighted by molar-refractivity contribution is 6.09. The summed E-state index contributed by atoms with van der Waals surface area (Å²) in [6.07, 6.45) is 0.338. The molecule has 0 bridgehead atoms. The van der Waals surface area contributed by atoms with Crippen LogP contribution >= 0.6 is 0 Å². The molecule has 0 unspecified atom stereocenters. The molecule has 4 heteroatoms. The number of ketones is 2. The van der Waals surface area contributed by atoms with E-state index in [1.165, 1.54) is 7.11 Å². The highest BCUT2D eigenvalue weighted by atomic mass is 16.5. The first-order valence-corrected chi connectivity index (χ1v) is 6.24. The van der Waals surface area contributed by atoms with Crippen molar-refractivity contribution in [3.05, 3.63) is 23.8 Å². The molecule has 0 aliphatic carbocycles. The summed E-state index contributed by atoms with van der Waals surface area (Å²) in [4.78, 5) is 23.7. The van der Waals surface area contributed by atoms with Crippen LogP contribution < -0.4 is 9.47 Å². The Hall–Kier alpha value is -1.84. The molecule has 1 aromatic rings. The van der Waals surface area contributed by atoms with Gasteiger partial charge in [0.05, 0.1) is 26.2 Å². The second-order valence-electron chi connectivity index (χ2n) is 4.80. The van der Waals surface area contributed by atoms with Crippen molar-refractivity contribution in [2.75, 3.05) is 14.2 Å². The maximum atomic E-state index is 12.1. The quantitative estimate of drug-likeness (QED) is 0.561. The van der Waals surface area contributed by atoms with Gasteiger partial charge in [0.1, 0.15) is 17.3 Å². The van der Waals surface area contributed by atoms with E-state index in [0.29, 0.717) is 23.5 Å². The van der Waals surface area contributed by atoms with Crippen molar-refractivity contribution in [3.8, 4) is 11.5 Å². The standard InChI is InChI=1S/C15H20O4/c1-10(2)7-11(16)8-14(17)13-6-5-12(18-3)9-15(13)19-4/h5-6,9-10H,7-8H2,1-4H3. The summed E-state index contributed by atoms with van der Waals surface area (Å²) < 4.78 is 10.2. The molecule has 0 spiro atoms. The highest BCUT2D eigenvalue weighted by Gasteiger charge is 2.17. The fourth-order valence-corrected chi connectivity index (χ4v) is 1.83. The molecule has 0 radical (unpaired) electrons. The van der Waals surface area contributed by atoms with Crippen LogP contribution in [0.15, 0.2) is 18.2 Å². The third kappa shape index (κ3) is 4.39. The van der Waals surface area contributed by atoms with Crippen LogP contribution in [0.2, 0.25) is 0 Å². The topological polar surface area (TPSA) is 52.6 Å². The van der Waals surface area contributed by atoms with E-state index in [-0.39, 0.29) is 23.9 Å². The normalized spacial score (nSPS) is 10.4. The van der Waals surface area contributed by atoms with Crippen molar-refractivity contribution in [2.45, 2.75) is 26.7 Å². The molecule has 19 heavy (non-hydrogen) atoms. The number of ether oxygens (including phenoxy) is 2. The Morgan fingerprint density at radius 1 is 1.16 bits per heavy atom. The summed E-state index contributed by atoms with van der Waals surface area (Å²) in [6, 6.07) is 4.95. The lowest BCUT2D eigenvalue weighted by Gasteiger charge is -2.09. The third-order valence-electron chi connectivity index (χ3n) is 2.70. The fourth-order valence-electron chi connectivity index (χ4n) is 1.83. The zero-order valence-corrected chi connectivity index (χ0v) is 11.9. The molecule has 0 aliphatic heterocycles. The van der Waals surface area contributed by atoms with Gasteiger partial charge in [-0.1, -0.05) is 13.8 Å². The highest BCUT2D eigenvalue weighted by Crippen LogP contribution is 2.25. The molecule has 0 aromatic heterocycles. The minimum absolute atomic E-state index is 0.0436. The molecule has 0 N–H and O–H groups in total. The van der Waals surface area contributed by atoms with Crippen molar-refractivity contribution in [1.82, 2.24) is 0 Å². The van der Waals surface area contributed by atoms with Crippen molar-refractivity contribution >= 4 is 11.6 Å². The van der Waals surface area contributed by atoms with Crippen LogP contribution in [0.4, 0.5) is 0 Å². The number of hydrogen-bond acceptors (Lipinski definition) is 4. The minimum Gasteiger partial charge on any atom is -0.497 e. The zero-order valence-electron chi connectivity index (χ0n) is 11.9. The van der Waals surface area contributed by atoms with Gasteiger partial charge in [0, 0.05) is 12.5 Å². The van der Waals surface area contributed by atoms with Crippen molar-refractivity contribution in [2.24, 2.45) is 5.92 Å². The Bertz CT molecular complexity index is 463. The molecule has 1 rings (SSSR count). The Balaban J connectivity index is 2.84. The summed E-state index contributed by atoms with van der Waals surface area (Å²) in [7, 11) is 3.03. The molecular formula is C15H20O4. The fraction of sp³-hybridized carbons (Fsp3) is 0.467. The first-order valence-electron chi connectivity index (χ1n) is 6.24. The first kappa shape index (κ1) is 15.2. The minimum atomic E-state index is -0.217. The van der Waals surface area contributed by atoms with E-state index in [4.69, 9.17) is 9.47 Å². The van der Waals surface area contributed by atoms with Gasteiger partial charge in [0.2, 0.25) is 0 Å². The molecule has 4 nitrogen and oxygen atoms in total. The average Bonchev–Trinajstić information content (AvgIpc) is 2.36. The number of benzene rings is 1. The van der Waals surface area contributed by atoms with Crippen LogP contribution in [0.25, 0.3) is 0 Å². The van der Waals surface area contributed by atoms with E-state index in [2.05, 4.69) is 0 Å². The Morgan fingerprint density at radius 3 is 2.37 bits per heavy atom. The lowest BCUT2D eigenvalue weighted by molar-refractivity contribution is -0.118. The number of methoxy groups -OCH3 is 2. The summed E-state index contributed by atoms with van der Waals surface area (Å²) in [6.45, 7) is 3.91. The van der Waals surface area contributed by atoms with Crippen LogP contribution in [0, 0.1) is 5.92 Å². The second kappa shape index (κ2) is 6.92. The van der Waals surface area contributed by atoms with E-state index in [1.54, 1.807) is 25.3 Å². The summed E-state index contributed by atoms with van der Waals surface area (Å²) >= 11 is 0.